The van der Waals surface area contributed by atoms with Crippen LogP contribution in [0, 0.1) is 0 Å². The Hall–Kier alpha value is -0.120. The van der Waals surface area contributed by atoms with Crippen LogP contribution in [0.2, 0.25) is 0 Å². The second kappa shape index (κ2) is 4.40. The van der Waals surface area contributed by atoms with Crippen molar-refractivity contribution in [2.24, 2.45) is 0 Å². The van der Waals surface area contributed by atoms with Gasteiger partial charge in [0.2, 0.25) is 0 Å². The Morgan fingerprint density at radius 3 is 2.77 bits per heavy atom. The molecule has 1 saturated heterocycles. The average Bonchev–Trinajstić information content (AvgIpc) is 2.34. The van der Waals surface area contributed by atoms with Gasteiger partial charge in [-0.2, -0.15) is 0 Å². The standard InChI is InChI=1S/C10H22N2O/c1-10(2,13)8-12-6-4-5-9(12)7-11-3/h9,11,13H,4-8H2,1-3H3. The number of nitrogens with one attached hydrogen (secondary N) is 1. The highest BCUT2D eigenvalue weighted by Crippen LogP contribution is 2.19. The largest absolute Gasteiger partial charge is 0.389 e. The van der Waals surface area contributed by atoms with Crippen molar-refractivity contribution in [2.45, 2.75) is 38.3 Å². The lowest BCUT2D eigenvalue weighted by molar-refractivity contribution is 0.0322. The van der Waals surface area contributed by atoms with Gasteiger partial charge in [0.25, 0.3) is 0 Å². The summed E-state index contributed by atoms with van der Waals surface area (Å²) in [6, 6.07) is 0.622. The maximum atomic E-state index is 9.70. The van der Waals surface area contributed by atoms with Gasteiger partial charge in [-0.1, -0.05) is 0 Å². The zero-order valence-corrected chi connectivity index (χ0v) is 9.01. The first kappa shape index (κ1) is 11.0. The molecule has 1 rings (SSSR count). The van der Waals surface area contributed by atoms with Crippen LogP contribution in [0.15, 0.2) is 0 Å². The van der Waals surface area contributed by atoms with E-state index in [2.05, 4.69) is 10.2 Å². The number of likely N-dealkylation sites (N-methyl/N-ethyl adjacent to an activating group) is 1. The van der Waals surface area contributed by atoms with E-state index in [1.165, 1.54) is 12.8 Å². The van der Waals surface area contributed by atoms with Crippen LogP contribution in [0.1, 0.15) is 26.7 Å². The number of β-amino-alcohol motifs (C(OH)–C–C–N with tert-alkyl or cyclic N) is 1. The van der Waals surface area contributed by atoms with E-state index in [-0.39, 0.29) is 0 Å². The average molecular weight is 186 g/mol. The number of hydrogen-bond donors (Lipinski definition) is 2. The minimum absolute atomic E-state index is 0.559. The molecule has 3 nitrogen and oxygen atoms in total. The van der Waals surface area contributed by atoms with Gasteiger partial charge in [0.15, 0.2) is 0 Å². The van der Waals surface area contributed by atoms with Gasteiger partial charge in [0, 0.05) is 19.1 Å². The Morgan fingerprint density at radius 2 is 2.23 bits per heavy atom. The van der Waals surface area contributed by atoms with Gasteiger partial charge in [-0.25, -0.2) is 0 Å². The minimum atomic E-state index is -0.559. The van der Waals surface area contributed by atoms with Gasteiger partial charge < -0.3 is 10.4 Å². The molecule has 2 N–H and O–H groups in total. The lowest BCUT2D eigenvalue weighted by Gasteiger charge is -2.30. The topological polar surface area (TPSA) is 35.5 Å². The molecular formula is C10H22N2O. The highest BCUT2D eigenvalue weighted by Gasteiger charge is 2.27. The van der Waals surface area contributed by atoms with E-state index in [9.17, 15) is 5.11 Å². The van der Waals surface area contributed by atoms with Crippen LogP contribution in [0.4, 0.5) is 0 Å². The van der Waals surface area contributed by atoms with Crippen LogP contribution in [0.3, 0.4) is 0 Å². The van der Waals surface area contributed by atoms with Crippen molar-refractivity contribution in [3.63, 3.8) is 0 Å². The predicted molar refractivity (Wildman–Crippen MR) is 54.8 cm³/mol. The predicted octanol–water partition coefficient (Wildman–Crippen LogP) is 0.441. The van der Waals surface area contributed by atoms with Gasteiger partial charge >= 0.3 is 0 Å². The molecule has 0 aromatic rings. The van der Waals surface area contributed by atoms with Crippen LogP contribution in [-0.2, 0) is 0 Å². The quantitative estimate of drug-likeness (QED) is 0.669. The first-order valence-electron chi connectivity index (χ1n) is 5.14. The lowest BCUT2D eigenvalue weighted by atomic mass is 10.1. The Labute approximate surface area is 81.1 Å². The fourth-order valence-electron chi connectivity index (χ4n) is 2.07. The van der Waals surface area contributed by atoms with Gasteiger partial charge in [-0.15, -0.1) is 0 Å². The van der Waals surface area contributed by atoms with Gasteiger partial charge in [-0.3, -0.25) is 4.90 Å². The number of likely N-dealkylation sites (tertiary alicyclic amines) is 1. The zero-order valence-electron chi connectivity index (χ0n) is 9.01. The number of hydrogen-bond acceptors (Lipinski definition) is 3. The summed E-state index contributed by atoms with van der Waals surface area (Å²) in [6.07, 6.45) is 2.53. The summed E-state index contributed by atoms with van der Waals surface area (Å²) in [5.74, 6) is 0. The minimum Gasteiger partial charge on any atom is -0.389 e. The summed E-state index contributed by atoms with van der Waals surface area (Å²) >= 11 is 0. The fourth-order valence-corrected chi connectivity index (χ4v) is 2.07. The fraction of sp³-hybridized carbons (Fsp3) is 1.00. The molecule has 0 spiro atoms. The van der Waals surface area contributed by atoms with E-state index in [0.717, 1.165) is 19.6 Å². The molecule has 0 saturated carbocycles. The number of nitrogens with zero attached hydrogens (tertiary/aromatic N) is 1. The number of rotatable bonds is 4. The third-order valence-electron chi connectivity index (χ3n) is 2.53. The van der Waals surface area contributed by atoms with Crippen LogP contribution in [-0.4, -0.2) is 48.3 Å². The lowest BCUT2D eigenvalue weighted by Crippen LogP contribution is -2.44. The molecule has 0 aromatic heterocycles. The van der Waals surface area contributed by atoms with Crippen LogP contribution < -0.4 is 5.32 Å². The molecule has 78 valence electrons. The van der Waals surface area contributed by atoms with Crippen LogP contribution >= 0.6 is 0 Å². The summed E-state index contributed by atoms with van der Waals surface area (Å²) < 4.78 is 0. The molecule has 1 atom stereocenters. The molecule has 0 radical (unpaired) electrons. The Balaban J connectivity index is 2.39. The third-order valence-corrected chi connectivity index (χ3v) is 2.53. The first-order valence-corrected chi connectivity index (χ1v) is 5.14. The van der Waals surface area contributed by atoms with Crippen molar-refractivity contribution in [1.82, 2.24) is 10.2 Å². The smallest absolute Gasteiger partial charge is 0.0718 e. The molecular weight excluding hydrogens is 164 g/mol. The van der Waals surface area contributed by atoms with E-state index >= 15 is 0 Å². The Morgan fingerprint density at radius 1 is 1.54 bits per heavy atom. The second-order valence-corrected chi connectivity index (χ2v) is 4.64. The third kappa shape index (κ3) is 3.63. The van der Waals surface area contributed by atoms with Crippen molar-refractivity contribution >= 4 is 0 Å². The molecule has 1 aliphatic heterocycles. The van der Waals surface area contributed by atoms with Crippen molar-refractivity contribution in [2.75, 3.05) is 26.7 Å². The molecule has 0 amide bonds. The molecule has 1 aliphatic rings. The van der Waals surface area contributed by atoms with Crippen molar-refractivity contribution in [3.8, 4) is 0 Å². The zero-order chi connectivity index (χ0) is 9.90. The molecule has 3 heteroatoms. The van der Waals surface area contributed by atoms with Crippen molar-refractivity contribution in [1.29, 1.82) is 0 Å². The van der Waals surface area contributed by atoms with Crippen LogP contribution in [0.5, 0.6) is 0 Å². The Kier molecular flexibility index (Phi) is 3.71. The van der Waals surface area contributed by atoms with Crippen LogP contribution in [0.25, 0.3) is 0 Å². The maximum Gasteiger partial charge on any atom is 0.0718 e. The van der Waals surface area contributed by atoms with Crippen molar-refractivity contribution in [3.05, 3.63) is 0 Å². The molecule has 0 bridgehead atoms. The molecule has 0 aliphatic carbocycles. The molecule has 1 heterocycles. The summed E-state index contributed by atoms with van der Waals surface area (Å²) in [7, 11) is 1.99. The van der Waals surface area contributed by atoms with E-state index in [1.54, 1.807) is 0 Å². The van der Waals surface area contributed by atoms with E-state index in [4.69, 9.17) is 0 Å². The van der Waals surface area contributed by atoms with E-state index in [1.807, 2.05) is 20.9 Å². The number of aliphatic hydroxyl groups is 1. The van der Waals surface area contributed by atoms with Gasteiger partial charge in [-0.05, 0) is 40.3 Å². The molecule has 0 aromatic carbocycles. The second-order valence-electron chi connectivity index (χ2n) is 4.64. The maximum absolute atomic E-state index is 9.70. The summed E-state index contributed by atoms with van der Waals surface area (Å²) in [5, 5.41) is 12.9. The SMILES string of the molecule is CNCC1CCCN1CC(C)(C)O. The highest BCUT2D eigenvalue weighted by atomic mass is 16.3. The monoisotopic (exact) mass is 186 g/mol. The molecule has 1 fully saturated rings. The Bertz CT molecular complexity index is 153. The van der Waals surface area contributed by atoms with E-state index in [0.29, 0.717) is 6.04 Å². The molecule has 1 unspecified atom stereocenters. The summed E-state index contributed by atoms with van der Waals surface area (Å²) in [4.78, 5) is 2.39. The summed E-state index contributed by atoms with van der Waals surface area (Å²) in [6.45, 7) is 6.72. The van der Waals surface area contributed by atoms with E-state index < -0.39 is 5.60 Å². The molecule has 13 heavy (non-hydrogen) atoms. The van der Waals surface area contributed by atoms with Gasteiger partial charge in [0.05, 0.1) is 5.60 Å². The first-order chi connectivity index (χ1) is 6.03. The highest BCUT2D eigenvalue weighted by molar-refractivity contribution is 4.84. The summed E-state index contributed by atoms with van der Waals surface area (Å²) in [5.41, 5.74) is -0.559. The normalized spacial score (nSPS) is 25.4. The van der Waals surface area contributed by atoms with Gasteiger partial charge in [0.1, 0.15) is 0 Å². The van der Waals surface area contributed by atoms with Crippen molar-refractivity contribution < 1.29 is 5.11 Å².